The average Bonchev–Trinajstić information content (AvgIpc) is 2.28. The van der Waals surface area contributed by atoms with Crippen molar-refractivity contribution in [1.29, 1.82) is 0 Å². The summed E-state index contributed by atoms with van der Waals surface area (Å²) in [7, 11) is 0. The molecule has 0 bridgehead atoms. The molecule has 1 aliphatic rings. The number of rotatable bonds is 2. The van der Waals surface area contributed by atoms with Crippen LogP contribution in [0.1, 0.15) is 13.8 Å². The van der Waals surface area contributed by atoms with Gasteiger partial charge in [-0.1, -0.05) is 0 Å². The lowest BCUT2D eigenvalue weighted by atomic mass is 10.2. The first kappa shape index (κ1) is 11.2. The van der Waals surface area contributed by atoms with Crippen LogP contribution in [0, 0.1) is 0 Å². The van der Waals surface area contributed by atoms with Gasteiger partial charge in [0.15, 0.2) is 0 Å². The highest BCUT2D eigenvalue weighted by Gasteiger charge is 2.15. The molecule has 86 valence electrons. The van der Waals surface area contributed by atoms with Crippen molar-refractivity contribution in [3.8, 4) is 0 Å². The molecule has 1 aliphatic heterocycles. The number of guanidine groups is 1. The number of anilines is 1. The smallest absolute Gasteiger partial charge is 0.206 e. The first-order valence-electron chi connectivity index (χ1n) is 5.06. The minimum atomic E-state index is -0.458. The van der Waals surface area contributed by atoms with Crippen molar-refractivity contribution in [3.63, 3.8) is 0 Å². The number of aliphatic imine (C=N–C) groups is 1. The molecule has 2 rings (SSSR count). The Labute approximate surface area is 98.5 Å². The Hall–Kier alpha value is -1.27. The van der Waals surface area contributed by atoms with Crippen LogP contribution >= 0.6 is 11.9 Å². The van der Waals surface area contributed by atoms with Gasteiger partial charge in [0, 0.05) is 12.4 Å². The van der Waals surface area contributed by atoms with Crippen molar-refractivity contribution in [2.75, 3.05) is 5.32 Å². The molecule has 0 aliphatic carbocycles. The highest BCUT2D eigenvalue weighted by atomic mass is 32.2. The highest BCUT2D eigenvalue weighted by Crippen LogP contribution is 2.27. The van der Waals surface area contributed by atoms with Crippen molar-refractivity contribution >= 4 is 23.6 Å². The van der Waals surface area contributed by atoms with Crippen LogP contribution in [0.25, 0.3) is 0 Å². The van der Waals surface area contributed by atoms with Crippen LogP contribution in [0.3, 0.4) is 0 Å². The lowest BCUT2D eigenvalue weighted by molar-refractivity contribution is 0.171. The summed E-state index contributed by atoms with van der Waals surface area (Å²) in [6, 6.07) is 1.75. The van der Waals surface area contributed by atoms with Crippen LogP contribution in [-0.2, 0) is 0 Å². The van der Waals surface area contributed by atoms with Crippen LogP contribution in [0.5, 0.6) is 0 Å². The molecule has 2 atom stereocenters. The van der Waals surface area contributed by atoms with E-state index >= 15 is 0 Å². The normalized spacial score (nSPS) is 20.6. The molecule has 16 heavy (non-hydrogen) atoms. The molecule has 0 amide bonds. The Kier molecular flexibility index (Phi) is 3.31. The summed E-state index contributed by atoms with van der Waals surface area (Å²) in [4.78, 5) is 9.40. The topological polar surface area (TPSA) is 69.5 Å². The summed E-state index contributed by atoms with van der Waals surface area (Å²) in [5, 5.41) is 12.5. The number of hydrogen-bond donors (Lipinski definition) is 3. The first-order valence-corrected chi connectivity index (χ1v) is 5.88. The molecule has 6 heteroatoms. The number of aromatic nitrogens is 1. The maximum Gasteiger partial charge on any atom is 0.206 e. The number of nitrogens with one attached hydrogen (secondary N) is 2. The van der Waals surface area contributed by atoms with Gasteiger partial charge in [-0.05, 0) is 31.9 Å². The van der Waals surface area contributed by atoms with Gasteiger partial charge >= 0.3 is 0 Å². The van der Waals surface area contributed by atoms with E-state index in [2.05, 4.69) is 20.0 Å². The summed E-state index contributed by atoms with van der Waals surface area (Å²) in [5.41, 5.74) is 0.982. The number of aliphatic hydroxyl groups is 1. The van der Waals surface area contributed by atoms with E-state index in [1.807, 2.05) is 13.0 Å². The van der Waals surface area contributed by atoms with Crippen LogP contribution in [0.15, 0.2) is 28.3 Å². The highest BCUT2D eigenvalue weighted by molar-refractivity contribution is 7.98. The van der Waals surface area contributed by atoms with E-state index in [9.17, 15) is 5.11 Å². The summed E-state index contributed by atoms with van der Waals surface area (Å²) in [6.07, 6.45) is 3.06. The summed E-state index contributed by atoms with van der Waals surface area (Å²) >= 11 is 1.46. The van der Waals surface area contributed by atoms with E-state index in [1.54, 1.807) is 19.3 Å². The van der Waals surface area contributed by atoms with E-state index < -0.39 is 6.10 Å². The zero-order valence-corrected chi connectivity index (χ0v) is 9.95. The number of pyridine rings is 1. The van der Waals surface area contributed by atoms with E-state index in [4.69, 9.17) is 0 Å². The van der Waals surface area contributed by atoms with E-state index in [0.717, 1.165) is 10.6 Å². The molecule has 5 nitrogen and oxygen atoms in total. The number of nitrogens with zero attached hydrogens (tertiary/aromatic N) is 2. The van der Waals surface area contributed by atoms with Gasteiger partial charge in [-0.3, -0.25) is 9.71 Å². The molecule has 0 saturated heterocycles. The Morgan fingerprint density at radius 1 is 1.50 bits per heavy atom. The SMILES string of the molecule is CC(O)C(C)N=C1NSc2cnccc2N1. The van der Waals surface area contributed by atoms with Crippen LogP contribution in [0.2, 0.25) is 0 Å². The number of fused-ring (bicyclic) bond motifs is 1. The fourth-order valence-electron chi connectivity index (χ4n) is 1.19. The quantitative estimate of drug-likeness (QED) is 0.676. The molecule has 2 unspecified atom stereocenters. The van der Waals surface area contributed by atoms with Crippen molar-refractivity contribution < 1.29 is 5.11 Å². The Morgan fingerprint density at radius 2 is 2.31 bits per heavy atom. The van der Waals surface area contributed by atoms with E-state index in [0.29, 0.717) is 5.96 Å². The molecule has 0 aromatic carbocycles. The fourth-order valence-corrected chi connectivity index (χ4v) is 1.84. The van der Waals surface area contributed by atoms with Gasteiger partial charge < -0.3 is 10.4 Å². The van der Waals surface area contributed by atoms with Gasteiger partial charge in [-0.25, -0.2) is 4.99 Å². The minimum absolute atomic E-state index is 0.140. The fraction of sp³-hybridized carbons (Fsp3) is 0.400. The standard InChI is InChI=1S/C10H14N4OS/c1-6(7(2)15)12-10-13-8-3-4-11-5-9(8)16-14-10/h3-7,15H,1-2H3,(H2,12,13,14). The predicted octanol–water partition coefficient (Wildman–Crippen LogP) is 1.23. The maximum absolute atomic E-state index is 9.37. The van der Waals surface area contributed by atoms with Gasteiger partial charge in [0.05, 0.1) is 22.7 Å². The summed E-state index contributed by atoms with van der Waals surface area (Å²) < 4.78 is 3.07. The molecule has 1 aromatic heterocycles. The van der Waals surface area contributed by atoms with Crippen molar-refractivity contribution in [2.45, 2.75) is 30.9 Å². The predicted molar refractivity (Wildman–Crippen MR) is 65.4 cm³/mol. The molecule has 3 N–H and O–H groups in total. The monoisotopic (exact) mass is 238 g/mol. The molecule has 0 saturated carbocycles. The Bertz CT molecular complexity index is 408. The second kappa shape index (κ2) is 4.71. The lowest BCUT2D eigenvalue weighted by Gasteiger charge is -2.21. The second-order valence-corrected chi connectivity index (χ2v) is 4.51. The molecule has 0 spiro atoms. The minimum Gasteiger partial charge on any atom is -0.391 e. The van der Waals surface area contributed by atoms with E-state index in [1.165, 1.54) is 11.9 Å². The van der Waals surface area contributed by atoms with Crippen LogP contribution in [-0.4, -0.2) is 28.2 Å². The van der Waals surface area contributed by atoms with Gasteiger partial charge in [0.2, 0.25) is 5.96 Å². The Morgan fingerprint density at radius 3 is 3.06 bits per heavy atom. The van der Waals surface area contributed by atoms with Crippen LogP contribution < -0.4 is 10.0 Å². The molecular weight excluding hydrogens is 224 g/mol. The largest absolute Gasteiger partial charge is 0.391 e. The van der Waals surface area contributed by atoms with Crippen molar-refractivity contribution in [3.05, 3.63) is 18.5 Å². The number of aliphatic hydroxyl groups excluding tert-OH is 1. The lowest BCUT2D eigenvalue weighted by Crippen LogP contribution is -2.32. The average molecular weight is 238 g/mol. The zero-order chi connectivity index (χ0) is 11.5. The second-order valence-electron chi connectivity index (χ2n) is 3.66. The molecule has 0 radical (unpaired) electrons. The molecule has 0 fully saturated rings. The third kappa shape index (κ3) is 2.45. The molecular formula is C10H14N4OS. The van der Waals surface area contributed by atoms with Crippen LogP contribution in [0.4, 0.5) is 5.69 Å². The third-order valence-electron chi connectivity index (χ3n) is 2.33. The van der Waals surface area contributed by atoms with Gasteiger partial charge in [0.1, 0.15) is 0 Å². The van der Waals surface area contributed by atoms with Crippen molar-refractivity contribution in [2.24, 2.45) is 4.99 Å². The van der Waals surface area contributed by atoms with Gasteiger partial charge in [0.25, 0.3) is 0 Å². The maximum atomic E-state index is 9.37. The van der Waals surface area contributed by atoms with Gasteiger partial charge in [-0.15, -0.1) is 0 Å². The molecule has 1 aromatic rings. The van der Waals surface area contributed by atoms with E-state index in [-0.39, 0.29) is 6.04 Å². The first-order chi connectivity index (χ1) is 7.66. The molecule has 2 heterocycles. The summed E-state index contributed by atoms with van der Waals surface area (Å²) in [6.45, 7) is 3.59. The third-order valence-corrected chi connectivity index (χ3v) is 3.17. The zero-order valence-electron chi connectivity index (χ0n) is 9.14. The Balaban J connectivity index is 2.13. The van der Waals surface area contributed by atoms with Crippen molar-refractivity contribution in [1.82, 2.24) is 9.71 Å². The number of hydrogen-bond acceptors (Lipinski definition) is 4. The summed E-state index contributed by atoms with van der Waals surface area (Å²) in [5.74, 6) is 0.664. The van der Waals surface area contributed by atoms with Gasteiger partial charge in [-0.2, -0.15) is 0 Å².